The van der Waals surface area contributed by atoms with Gasteiger partial charge in [0.1, 0.15) is 5.15 Å². The van der Waals surface area contributed by atoms with Gasteiger partial charge < -0.3 is 0 Å². The summed E-state index contributed by atoms with van der Waals surface area (Å²) in [5.74, 6) is -0.858. The van der Waals surface area contributed by atoms with Crippen LogP contribution < -0.4 is 0 Å². The number of hydrogen-bond acceptors (Lipinski definition) is 1. The molecule has 0 unspecified atom stereocenters. The molecule has 0 saturated heterocycles. The summed E-state index contributed by atoms with van der Waals surface area (Å²) in [7, 11) is 0. The minimum Gasteiger partial charge on any atom is -0.207 e. The Morgan fingerprint density at radius 2 is 2.15 bits per heavy atom. The lowest BCUT2D eigenvalue weighted by atomic mass is 10.2. The lowest BCUT2D eigenvalue weighted by molar-refractivity contribution is 0.150. The van der Waals surface area contributed by atoms with Crippen LogP contribution >= 0.6 is 27.5 Å². The molecule has 1 rings (SSSR count). The first kappa shape index (κ1) is 10.8. The first-order valence-electron chi connectivity index (χ1n) is 3.25. The van der Waals surface area contributed by atoms with Crippen molar-refractivity contribution in [1.29, 1.82) is 0 Å². The standard InChI is InChI=1S/C7H4BrClF3N/c8-2-3-1-4(10)13-6(9)5(3)7(11)12/h1,7H,2H2. The van der Waals surface area contributed by atoms with Crippen LogP contribution in [0.2, 0.25) is 5.15 Å². The number of halogens is 5. The van der Waals surface area contributed by atoms with Gasteiger partial charge in [-0.15, -0.1) is 0 Å². The molecule has 13 heavy (non-hydrogen) atoms. The van der Waals surface area contributed by atoms with Crippen LogP contribution in [0.5, 0.6) is 0 Å². The van der Waals surface area contributed by atoms with Gasteiger partial charge in [-0.2, -0.15) is 4.39 Å². The number of hydrogen-bond donors (Lipinski definition) is 0. The van der Waals surface area contributed by atoms with Crippen molar-refractivity contribution in [1.82, 2.24) is 4.98 Å². The largest absolute Gasteiger partial charge is 0.267 e. The average molecular weight is 274 g/mol. The Bertz CT molecular complexity index is 319. The summed E-state index contributed by atoms with van der Waals surface area (Å²) in [6.45, 7) is 0. The zero-order chi connectivity index (χ0) is 10.0. The zero-order valence-electron chi connectivity index (χ0n) is 6.20. The minimum atomic E-state index is -2.74. The van der Waals surface area contributed by atoms with E-state index in [9.17, 15) is 13.2 Å². The lowest BCUT2D eigenvalue weighted by Gasteiger charge is -2.07. The highest BCUT2D eigenvalue weighted by Gasteiger charge is 2.18. The summed E-state index contributed by atoms with van der Waals surface area (Å²) in [5.41, 5.74) is -0.299. The number of alkyl halides is 3. The van der Waals surface area contributed by atoms with Gasteiger partial charge in [0.2, 0.25) is 5.95 Å². The molecular weight excluding hydrogens is 270 g/mol. The van der Waals surface area contributed by atoms with Crippen molar-refractivity contribution in [2.75, 3.05) is 0 Å². The van der Waals surface area contributed by atoms with Gasteiger partial charge in [0.25, 0.3) is 6.43 Å². The molecule has 0 spiro atoms. The van der Waals surface area contributed by atoms with Gasteiger partial charge in [-0.05, 0) is 11.6 Å². The summed E-state index contributed by atoms with van der Waals surface area (Å²) >= 11 is 8.32. The van der Waals surface area contributed by atoms with Crippen LogP contribution in [-0.2, 0) is 5.33 Å². The maximum absolute atomic E-state index is 12.6. The first-order chi connectivity index (χ1) is 6.06. The van der Waals surface area contributed by atoms with E-state index < -0.39 is 23.1 Å². The van der Waals surface area contributed by atoms with E-state index >= 15 is 0 Å². The summed E-state index contributed by atoms with van der Waals surface area (Å²) < 4.78 is 37.3. The van der Waals surface area contributed by atoms with Crippen LogP contribution in [0.15, 0.2) is 6.07 Å². The van der Waals surface area contributed by atoms with Crippen LogP contribution in [0.4, 0.5) is 13.2 Å². The minimum absolute atomic E-state index is 0.117. The van der Waals surface area contributed by atoms with Crippen molar-refractivity contribution >= 4 is 27.5 Å². The smallest absolute Gasteiger partial charge is 0.207 e. The Labute approximate surface area is 86.0 Å². The third-order valence-corrected chi connectivity index (χ3v) is 2.32. The summed E-state index contributed by atoms with van der Waals surface area (Å²) in [6.07, 6.45) is -2.74. The molecule has 0 aromatic carbocycles. The SMILES string of the molecule is Fc1cc(CBr)c(C(F)F)c(Cl)n1. The van der Waals surface area contributed by atoms with Crippen molar-refractivity contribution in [3.63, 3.8) is 0 Å². The van der Waals surface area contributed by atoms with Gasteiger partial charge >= 0.3 is 0 Å². The maximum atomic E-state index is 12.6. The van der Waals surface area contributed by atoms with E-state index in [0.29, 0.717) is 0 Å². The number of rotatable bonds is 2. The summed E-state index contributed by atoms with van der Waals surface area (Å²) in [5, 5.41) is -0.365. The second-order valence-electron chi connectivity index (χ2n) is 2.24. The molecule has 1 heterocycles. The van der Waals surface area contributed by atoms with Crippen molar-refractivity contribution < 1.29 is 13.2 Å². The van der Waals surface area contributed by atoms with Crippen LogP contribution in [0.1, 0.15) is 17.6 Å². The number of aromatic nitrogens is 1. The van der Waals surface area contributed by atoms with Gasteiger partial charge in [-0.3, -0.25) is 0 Å². The van der Waals surface area contributed by atoms with Gasteiger partial charge in [-0.1, -0.05) is 27.5 Å². The molecule has 0 bridgehead atoms. The maximum Gasteiger partial charge on any atom is 0.267 e. The highest BCUT2D eigenvalue weighted by Crippen LogP contribution is 2.30. The van der Waals surface area contributed by atoms with E-state index in [1.54, 1.807) is 0 Å². The zero-order valence-corrected chi connectivity index (χ0v) is 8.54. The molecule has 0 aliphatic carbocycles. The second kappa shape index (κ2) is 4.28. The molecule has 1 aromatic rings. The third-order valence-electron chi connectivity index (χ3n) is 1.43. The fraction of sp³-hybridized carbons (Fsp3) is 0.286. The van der Waals surface area contributed by atoms with Crippen molar-refractivity contribution in [3.05, 3.63) is 28.3 Å². The third kappa shape index (κ3) is 2.34. The van der Waals surface area contributed by atoms with Crippen LogP contribution in [0.3, 0.4) is 0 Å². The highest BCUT2D eigenvalue weighted by atomic mass is 79.9. The topological polar surface area (TPSA) is 12.9 Å². The molecule has 6 heteroatoms. The molecule has 1 nitrogen and oxygen atoms in total. The predicted octanol–water partition coefficient (Wildman–Crippen LogP) is 3.71. The number of pyridine rings is 1. The Kier molecular flexibility index (Phi) is 3.55. The van der Waals surface area contributed by atoms with Crippen molar-refractivity contribution in [2.24, 2.45) is 0 Å². The lowest BCUT2D eigenvalue weighted by Crippen LogP contribution is -1.98. The van der Waals surface area contributed by atoms with E-state index in [1.165, 1.54) is 0 Å². The molecular formula is C7H4BrClF3N. The fourth-order valence-electron chi connectivity index (χ4n) is 0.881. The molecule has 0 atom stereocenters. The highest BCUT2D eigenvalue weighted by molar-refractivity contribution is 9.08. The van der Waals surface area contributed by atoms with E-state index in [4.69, 9.17) is 11.6 Å². The second-order valence-corrected chi connectivity index (χ2v) is 3.16. The molecule has 0 amide bonds. The van der Waals surface area contributed by atoms with Crippen LogP contribution in [0, 0.1) is 5.95 Å². The summed E-state index contributed by atoms with van der Waals surface area (Å²) in [4.78, 5) is 3.10. The van der Waals surface area contributed by atoms with Gasteiger partial charge in [0.05, 0.1) is 5.56 Å². The number of nitrogens with zero attached hydrogens (tertiary/aromatic N) is 1. The first-order valence-corrected chi connectivity index (χ1v) is 4.75. The average Bonchev–Trinajstić information content (AvgIpc) is 2.01. The molecule has 0 saturated carbocycles. The van der Waals surface area contributed by atoms with E-state index in [-0.39, 0.29) is 10.9 Å². The predicted molar refractivity (Wildman–Crippen MR) is 46.8 cm³/mol. The molecule has 0 N–H and O–H groups in total. The molecule has 0 radical (unpaired) electrons. The molecule has 0 fully saturated rings. The Morgan fingerprint density at radius 3 is 2.62 bits per heavy atom. The molecule has 0 aliphatic heterocycles. The van der Waals surface area contributed by atoms with E-state index in [0.717, 1.165) is 6.07 Å². The van der Waals surface area contributed by atoms with Crippen LogP contribution in [-0.4, -0.2) is 4.98 Å². The van der Waals surface area contributed by atoms with E-state index in [2.05, 4.69) is 20.9 Å². The Hall–Kier alpha value is -0.290. The fourth-order valence-corrected chi connectivity index (χ4v) is 1.63. The van der Waals surface area contributed by atoms with Gasteiger partial charge in [0.15, 0.2) is 0 Å². The molecule has 1 aromatic heterocycles. The van der Waals surface area contributed by atoms with Gasteiger partial charge in [-0.25, -0.2) is 13.8 Å². The molecule has 72 valence electrons. The van der Waals surface area contributed by atoms with Crippen LogP contribution in [0.25, 0.3) is 0 Å². The molecule has 0 aliphatic rings. The quantitative estimate of drug-likeness (QED) is 0.592. The van der Waals surface area contributed by atoms with E-state index in [1.807, 2.05) is 0 Å². The summed E-state index contributed by atoms with van der Waals surface area (Å²) in [6, 6.07) is 0.933. The van der Waals surface area contributed by atoms with Gasteiger partial charge in [0, 0.05) is 5.33 Å². The van der Waals surface area contributed by atoms with Crippen molar-refractivity contribution in [2.45, 2.75) is 11.8 Å². The Balaban J connectivity index is 3.30. The van der Waals surface area contributed by atoms with Crippen molar-refractivity contribution in [3.8, 4) is 0 Å². The monoisotopic (exact) mass is 273 g/mol. The Morgan fingerprint density at radius 1 is 1.54 bits per heavy atom. The normalized spacial score (nSPS) is 10.9.